The molecule has 1 aliphatic carbocycles. The van der Waals surface area contributed by atoms with Crippen LogP contribution in [0.25, 0.3) is 0 Å². The molecule has 35 heavy (non-hydrogen) atoms. The molecule has 0 bridgehead atoms. The van der Waals surface area contributed by atoms with Gasteiger partial charge in [0.25, 0.3) is 0 Å². The maximum absolute atomic E-state index is 15.2. The van der Waals surface area contributed by atoms with Crippen LogP contribution in [0.4, 0.5) is 14.5 Å². The molecule has 0 N–H and O–H groups in total. The number of sulfonamides is 1. The first-order valence-corrected chi connectivity index (χ1v) is 13.5. The monoisotopic (exact) mass is 499 g/mol. The van der Waals surface area contributed by atoms with E-state index in [2.05, 4.69) is 10.2 Å². The van der Waals surface area contributed by atoms with Gasteiger partial charge in [0.2, 0.25) is 10.0 Å². The minimum atomic E-state index is -3.73. The minimum Gasteiger partial charge on any atom is -0.368 e. The Labute approximate surface area is 203 Å². The number of hydrogen-bond acceptors (Lipinski definition) is 5. The summed E-state index contributed by atoms with van der Waals surface area (Å²) in [7, 11) is -3.73. The van der Waals surface area contributed by atoms with Gasteiger partial charge in [-0.3, -0.25) is 0 Å². The fourth-order valence-corrected chi connectivity index (χ4v) is 8.15. The fourth-order valence-electron chi connectivity index (χ4n) is 5.96. The lowest BCUT2D eigenvalue weighted by Crippen LogP contribution is -2.44. The maximum Gasteiger partial charge on any atom is 0.221 e. The Morgan fingerprint density at radius 2 is 1.63 bits per heavy atom. The van der Waals surface area contributed by atoms with E-state index in [1.54, 1.807) is 30.9 Å². The average Bonchev–Trinajstić information content (AvgIpc) is 3.22. The van der Waals surface area contributed by atoms with E-state index < -0.39 is 26.9 Å². The third kappa shape index (κ3) is 3.74. The third-order valence-corrected chi connectivity index (χ3v) is 10.3. The Morgan fingerprint density at radius 3 is 2.31 bits per heavy atom. The van der Waals surface area contributed by atoms with Crippen molar-refractivity contribution in [2.45, 2.75) is 43.6 Å². The number of rotatable bonds is 5. The van der Waals surface area contributed by atoms with Crippen molar-refractivity contribution in [2.24, 2.45) is 11.8 Å². The van der Waals surface area contributed by atoms with Crippen molar-refractivity contribution in [2.75, 3.05) is 18.0 Å². The van der Waals surface area contributed by atoms with E-state index in [9.17, 15) is 8.42 Å². The summed E-state index contributed by atoms with van der Waals surface area (Å²) in [4.78, 5) is 1.88. The summed E-state index contributed by atoms with van der Waals surface area (Å²) in [5.74, 6) is -1.15. The molecular weight excluding hydrogens is 472 g/mol. The maximum atomic E-state index is 15.2. The molecule has 0 amide bonds. The van der Waals surface area contributed by atoms with E-state index >= 15 is 8.78 Å². The van der Waals surface area contributed by atoms with Crippen LogP contribution < -0.4 is 4.90 Å². The van der Waals surface area contributed by atoms with Crippen LogP contribution >= 0.6 is 0 Å². The van der Waals surface area contributed by atoms with Gasteiger partial charge in [-0.15, -0.1) is 10.2 Å². The Hall–Kier alpha value is -2.85. The summed E-state index contributed by atoms with van der Waals surface area (Å²) in [6.45, 7) is 2.92. The summed E-state index contributed by atoms with van der Waals surface area (Å²) in [5.41, 5.74) is 1.02. The first-order valence-electron chi connectivity index (χ1n) is 12.0. The van der Waals surface area contributed by atoms with Gasteiger partial charge in [-0.1, -0.05) is 36.4 Å². The van der Waals surface area contributed by atoms with Crippen LogP contribution in [-0.4, -0.2) is 46.6 Å². The van der Waals surface area contributed by atoms with E-state index in [-0.39, 0.29) is 23.8 Å². The Balaban J connectivity index is 1.21. The number of aromatic nitrogens is 3. The molecule has 3 aromatic rings. The van der Waals surface area contributed by atoms with E-state index in [0.29, 0.717) is 43.8 Å². The minimum absolute atomic E-state index is 0.0575. The SMILES string of the molecule is CC1CCC(c2ccccc2)S(=O)(=O)N1Cc1ccc(N2C[C@@H]3[C@H](C2)[C@@H]3n2cnnc2)c(F)c1F. The van der Waals surface area contributed by atoms with Crippen LogP contribution in [0, 0.1) is 23.5 Å². The highest BCUT2D eigenvalue weighted by molar-refractivity contribution is 7.89. The topological polar surface area (TPSA) is 71.3 Å². The second-order valence-electron chi connectivity index (χ2n) is 9.92. The highest BCUT2D eigenvalue weighted by atomic mass is 32.2. The first kappa shape index (κ1) is 22.6. The number of hydrogen-bond donors (Lipinski definition) is 0. The molecule has 3 aliphatic rings. The molecule has 3 fully saturated rings. The average molecular weight is 500 g/mol. The summed E-state index contributed by atoms with van der Waals surface area (Å²) in [6, 6.07) is 12.2. The summed E-state index contributed by atoms with van der Waals surface area (Å²) < 4.78 is 60.7. The van der Waals surface area contributed by atoms with Gasteiger partial charge in [0, 0.05) is 49.1 Å². The van der Waals surface area contributed by atoms with Crippen LogP contribution in [0.2, 0.25) is 0 Å². The van der Waals surface area contributed by atoms with Gasteiger partial charge in [0.15, 0.2) is 11.6 Å². The molecule has 184 valence electrons. The normalized spacial score (nSPS) is 29.8. The number of halogens is 2. The highest BCUT2D eigenvalue weighted by Gasteiger charge is 2.57. The van der Waals surface area contributed by atoms with Crippen LogP contribution in [0.5, 0.6) is 0 Å². The van der Waals surface area contributed by atoms with E-state index in [0.717, 1.165) is 5.56 Å². The summed E-state index contributed by atoms with van der Waals surface area (Å²) >= 11 is 0. The highest BCUT2D eigenvalue weighted by Crippen LogP contribution is 2.56. The zero-order valence-corrected chi connectivity index (χ0v) is 20.2. The number of benzene rings is 2. The largest absolute Gasteiger partial charge is 0.368 e. The van der Waals surface area contributed by atoms with Crippen LogP contribution in [0.15, 0.2) is 55.1 Å². The number of fused-ring (bicyclic) bond motifs is 1. The van der Waals surface area contributed by atoms with Crippen LogP contribution in [0.1, 0.15) is 42.2 Å². The first-order chi connectivity index (χ1) is 16.9. The Kier molecular flexibility index (Phi) is 5.41. The quantitative estimate of drug-likeness (QED) is 0.532. The molecule has 2 aliphatic heterocycles. The molecule has 0 radical (unpaired) electrons. The van der Waals surface area contributed by atoms with Gasteiger partial charge < -0.3 is 9.47 Å². The molecule has 10 heteroatoms. The van der Waals surface area contributed by atoms with Gasteiger partial charge in [-0.05, 0) is 31.4 Å². The zero-order valence-electron chi connectivity index (χ0n) is 19.3. The molecule has 2 saturated heterocycles. The van der Waals surface area contributed by atoms with Crippen molar-refractivity contribution in [3.8, 4) is 0 Å². The smallest absolute Gasteiger partial charge is 0.221 e. The van der Waals surface area contributed by atoms with E-state index in [1.807, 2.05) is 34.6 Å². The van der Waals surface area contributed by atoms with Crippen molar-refractivity contribution in [1.82, 2.24) is 19.1 Å². The molecule has 0 spiro atoms. The second-order valence-corrected chi connectivity index (χ2v) is 12.0. The van der Waals surface area contributed by atoms with Crippen molar-refractivity contribution in [1.29, 1.82) is 0 Å². The molecule has 3 heterocycles. The van der Waals surface area contributed by atoms with Crippen molar-refractivity contribution >= 4 is 15.7 Å². The molecule has 5 atom stereocenters. The van der Waals surface area contributed by atoms with Gasteiger partial charge >= 0.3 is 0 Å². The van der Waals surface area contributed by atoms with Gasteiger partial charge in [-0.25, -0.2) is 17.2 Å². The third-order valence-electron chi connectivity index (χ3n) is 7.93. The second kappa shape index (κ2) is 8.37. The Morgan fingerprint density at radius 1 is 0.943 bits per heavy atom. The molecule has 2 unspecified atom stereocenters. The predicted octanol–water partition coefficient (Wildman–Crippen LogP) is 3.92. The standard InChI is InChI=1S/C25H27F2N5O2S/c1-16-7-10-22(17-5-3-2-4-6-17)35(33,34)32(16)11-18-8-9-21(24(27)23(18)26)30-12-19-20(13-30)25(19)31-14-28-29-15-31/h2-6,8-9,14-16,19-20,22,25H,7,10-13H2,1H3/t16?,19-,20+,22?,25-. The number of piperidine rings is 1. The lowest BCUT2D eigenvalue weighted by atomic mass is 10.0. The van der Waals surface area contributed by atoms with E-state index in [4.69, 9.17) is 0 Å². The molecular formula is C25H27F2N5O2S. The van der Waals surface area contributed by atoms with E-state index in [1.165, 1.54) is 10.4 Å². The fraction of sp³-hybridized carbons (Fsp3) is 0.440. The summed E-state index contributed by atoms with van der Waals surface area (Å²) in [5, 5.41) is 7.02. The predicted molar refractivity (Wildman–Crippen MR) is 127 cm³/mol. The molecule has 1 aromatic heterocycles. The number of anilines is 1. The molecule has 6 rings (SSSR count). The lowest BCUT2D eigenvalue weighted by Gasteiger charge is -2.37. The summed E-state index contributed by atoms with van der Waals surface area (Å²) in [6.07, 6.45) is 4.55. The van der Waals surface area contributed by atoms with Crippen molar-refractivity contribution < 1.29 is 17.2 Å². The molecule has 1 saturated carbocycles. The Bertz CT molecular complexity index is 1320. The van der Waals surface area contributed by atoms with Crippen molar-refractivity contribution in [3.63, 3.8) is 0 Å². The van der Waals surface area contributed by atoms with Gasteiger partial charge in [0.05, 0.1) is 5.69 Å². The lowest BCUT2D eigenvalue weighted by molar-refractivity contribution is 0.278. The molecule has 7 nitrogen and oxygen atoms in total. The zero-order chi connectivity index (χ0) is 24.3. The van der Waals surface area contributed by atoms with Crippen molar-refractivity contribution in [3.05, 3.63) is 77.9 Å². The van der Waals surface area contributed by atoms with Crippen LogP contribution in [-0.2, 0) is 16.6 Å². The van der Waals surface area contributed by atoms with Crippen LogP contribution in [0.3, 0.4) is 0 Å². The van der Waals surface area contributed by atoms with Gasteiger partial charge in [-0.2, -0.15) is 4.31 Å². The van der Waals surface area contributed by atoms with Gasteiger partial charge in [0.1, 0.15) is 17.9 Å². The molecule has 2 aromatic carbocycles. The number of nitrogens with zero attached hydrogens (tertiary/aromatic N) is 5.